The Labute approximate surface area is 126 Å². The number of piperidine rings is 1. The van der Waals surface area contributed by atoms with Gasteiger partial charge in [0.2, 0.25) is 5.91 Å². The molecule has 1 fully saturated rings. The number of amides is 1. The molecule has 1 aromatic rings. The number of ether oxygens (including phenoxy) is 1. The third-order valence-corrected chi connectivity index (χ3v) is 4.91. The van der Waals surface area contributed by atoms with Gasteiger partial charge in [-0.2, -0.15) is 0 Å². The molecule has 1 atom stereocenters. The number of nitrogens with one attached hydrogen (secondary N) is 1. The van der Waals surface area contributed by atoms with Crippen molar-refractivity contribution in [2.24, 2.45) is 0 Å². The van der Waals surface area contributed by atoms with Gasteiger partial charge in [-0.15, -0.1) is 0 Å². The highest BCUT2D eigenvalue weighted by Crippen LogP contribution is 2.46. The first-order valence-corrected chi connectivity index (χ1v) is 7.79. The van der Waals surface area contributed by atoms with Gasteiger partial charge in [-0.3, -0.25) is 4.79 Å². The van der Waals surface area contributed by atoms with Gasteiger partial charge in [0.15, 0.2) is 0 Å². The largest absolute Gasteiger partial charge is 0.487 e. The van der Waals surface area contributed by atoms with Crippen molar-refractivity contribution in [3.05, 3.63) is 29.8 Å². The highest BCUT2D eigenvalue weighted by atomic mass is 16.5. The Bertz CT molecular complexity index is 521. The summed E-state index contributed by atoms with van der Waals surface area (Å²) in [6.07, 6.45) is 3.59. The van der Waals surface area contributed by atoms with Crippen molar-refractivity contribution >= 4 is 5.91 Å². The zero-order valence-electron chi connectivity index (χ0n) is 12.9. The van der Waals surface area contributed by atoms with Crippen molar-refractivity contribution < 1.29 is 9.53 Å². The second kappa shape index (κ2) is 5.68. The molecule has 1 saturated heterocycles. The summed E-state index contributed by atoms with van der Waals surface area (Å²) < 4.78 is 6.40. The summed E-state index contributed by atoms with van der Waals surface area (Å²) in [4.78, 5) is 14.2. The normalized spacial score (nSPS) is 24.2. The molecule has 0 aliphatic carbocycles. The van der Waals surface area contributed by atoms with Gasteiger partial charge in [0.05, 0.1) is 0 Å². The Balaban J connectivity index is 1.87. The molecule has 1 amide bonds. The molecule has 1 unspecified atom stereocenters. The van der Waals surface area contributed by atoms with Crippen LogP contribution in [0, 0.1) is 0 Å². The van der Waals surface area contributed by atoms with E-state index in [2.05, 4.69) is 23.3 Å². The molecule has 2 aliphatic rings. The Morgan fingerprint density at radius 1 is 1.38 bits per heavy atom. The average molecular weight is 288 g/mol. The molecular formula is C17H24N2O2. The van der Waals surface area contributed by atoms with E-state index in [-0.39, 0.29) is 17.4 Å². The molecule has 4 nitrogen and oxygen atoms in total. The predicted octanol–water partition coefficient (Wildman–Crippen LogP) is 2.15. The van der Waals surface area contributed by atoms with Crippen molar-refractivity contribution in [3.63, 3.8) is 0 Å². The number of likely N-dealkylation sites (tertiary alicyclic amines) is 1. The fourth-order valence-electron chi connectivity index (χ4n) is 3.58. The van der Waals surface area contributed by atoms with E-state index in [1.807, 2.05) is 18.2 Å². The Hall–Kier alpha value is -1.55. The number of carbonyl (C=O) groups excluding carboxylic acids is 1. The van der Waals surface area contributed by atoms with Crippen LogP contribution in [0.3, 0.4) is 0 Å². The zero-order chi connectivity index (χ0) is 14.9. The molecule has 0 radical (unpaired) electrons. The maximum Gasteiger partial charge on any atom is 0.220 e. The summed E-state index contributed by atoms with van der Waals surface area (Å²) in [6, 6.07) is 8.20. The van der Waals surface area contributed by atoms with Gasteiger partial charge in [0.25, 0.3) is 0 Å². The summed E-state index contributed by atoms with van der Waals surface area (Å²) in [7, 11) is 3.87. The van der Waals surface area contributed by atoms with Gasteiger partial charge in [0.1, 0.15) is 11.4 Å². The number of rotatable bonds is 2. The lowest BCUT2D eigenvalue weighted by molar-refractivity contribution is -0.121. The monoisotopic (exact) mass is 288 g/mol. The van der Waals surface area contributed by atoms with E-state index in [0.717, 1.165) is 38.1 Å². The minimum absolute atomic E-state index is 0.0838. The standard InChI is InChI=1S/C17H24N2O2/c1-18-16(20)11-13-12-17(7-9-19(2)10-8-17)21-15-6-4-3-5-14(13)15/h3-6,13H,7-12H2,1-2H3,(H,18,20). The van der Waals surface area contributed by atoms with Crippen LogP contribution < -0.4 is 10.1 Å². The SMILES string of the molecule is CNC(=O)CC1CC2(CCN(C)CC2)Oc2ccccc21. The molecular weight excluding hydrogens is 264 g/mol. The molecule has 2 aliphatic heterocycles. The Morgan fingerprint density at radius 3 is 2.81 bits per heavy atom. The van der Waals surface area contributed by atoms with E-state index in [9.17, 15) is 4.79 Å². The molecule has 0 aromatic heterocycles. The summed E-state index contributed by atoms with van der Waals surface area (Å²) in [6.45, 7) is 2.13. The van der Waals surface area contributed by atoms with Crippen LogP contribution in [0.4, 0.5) is 0 Å². The number of benzene rings is 1. The first-order valence-electron chi connectivity index (χ1n) is 7.79. The van der Waals surface area contributed by atoms with E-state index in [1.165, 1.54) is 5.56 Å². The minimum Gasteiger partial charge on any atom is -0.487 e. The summed E-state index contributed by atoms with van der Waals surface area (Å²) >= 11 is 0. The van der Waals surface area contributed by atoms with Crippen LogP contribution in [-0.4, -0.2) is 43.6 Å². The lowest BCUT2D eigenvalue weighted by atomic mass is 9.76. The van der Waals surface area contributed by atoms with Crippen LogP contribution in [0.15, 0.2) is 24.3 Å². The third-order valence-electron chi connectivity index (χ3n) is 4.91. The maximum atomic E-state index is 11.9. The van der Waals surface area contributed by atoms with Crippen LogP contribution in [0.2, 0.25) is 0 Å². The number of fused-ring (bicyclic) bond motifs is 1. The molecule has 0 saturated carbocycles. The second-order valence-electron chi connectivity index (χ2n) is 6.40. The number of carbonyl (C=O) groups is 1. The van der Waals surface area contributed by atoms with Gasteiger partial charge in [0, 0.05) is 32.5 Å². The van der Waals surface area contributed by atoms with E-state index in [4.69, 9.17) is 4.74 Å². The quantitative estimate of drug-likeness (QED) is 0.906. The molecule has 3 rings (SSSR count). The lowest BCUT2D eigenvalue weighted by Crippen LogP contribution is -2.49. The second-order valence-corrected chi connectivity index (χ2v) is 6.40. The molecule has 0 bridgehead atoms. The van der Waals surface area contributed by atoms with Crippen LogP contribution in [-0.2, 0) is 4.79 Å². The van der Waals surface area contributed by atoms with E-state index < -0.39 is 0 Å². The van der Waals surface area contributed by atoms with Crippen molar-refractivity contribution in [2.45, 2.75) is 37.2 Å². The maximum absolute atomic E-state index is 11.9. The molecule has 4 heteroatoms. The molecule has 21 heavy (non-hydrogen) atoms. The average Bonchev–Trinajstić information content (AvgIpc) is 2.50. The van der Waals surface area contributed by atoms with Crippen LogP contribution in [0.25, 0.3) is 0 Å². The fraction of sp³-hybridized carbons (Fsp3) is 0.588. The van der Waals surface area contributed by atoms with Crippen molar-refractivity contribution in [2.75, 3.05) is 27.2 Å². The van der Waals surface area contributed by atoms with Gasteiger partial charge in [-0.05, 0) is 37.9 Å². The Morgan fingerprint density at radius 2 is 2.10 bits per heavy atom. The van der Waals surface area contributed by atoms with Crippen molar-refractivity contribution in [1.29, 1.82) is 0 Å². The minimum atomic E-state index is -0.0838. The van der Waals surface area contributed by atoms with Crippen LogP contribution >= 0.6 is 0 Å². The highest BCUT2D eigenvalue weighted by Gasteiger charge is 2.42. The molecule has 114 valence electrons. The highest BCUT2D eigenvalue weighted by molar-refractivity contribution is 5.76. The fourth-order valence-corrected chi connectivity index (χ4v) is 3.58. The molecule has 1 spiro atoms. The first-order chi connectivity index (χ1) is 10.1. The topological polar surface area (TPSA) is 41.6 Å². The first kappa shape index (κ1) is 14.4. The smallest absolute Gasteiger partial charge is 0.220 e. The predicted molar refractivity (Wildman–Crippen MR) is 82.6 cm³/mol. The zero-order valence-corrected chi connectivity index (χ0v) is 12.9. The number of hydrogen-bond acceptors (Lipinski definition) is 3. The lowest BCUT2D eigenvalue weighted by Gasteiger charge is -2.46. The third kappa shape index (κ3) is 2.91. The van der Waals surface area contributed by atoms with Crippen molar-refractivity contribution in [1.82, 2.24) is 10.2 Å². The van der Waals surface area contributed by atoms with E-state index in [1.54, 1.807) is 7.05 Å². The molecule has 2 heterocycles. The van der Waals surface area contributed by atoms with E-state index in [0.29, 0.717) is 6.42 Å². The Kier molecular flexibility index (Phi) is 3.89. The van der Waals surface area contributed by atoms with E-state index >= 15 is 0 Å². The van der Waals surface area contributed by atoms with Crippen LogP contribution in [0.1, 0.15) is 37.2 Å². The van der Waals surface area contributed by atoms with Gasteiger partial charge >= 0.3 is 0 Å². The summed E-state index contributed by atoms with van der Waals surface area (Å²) in [5.74, 6) is 1.35. The summed E-state index contributed by atoms with van der Waals surface area (Å²) in [5.41, 5.74) is 1.10. The van der Waals surface area contributed by atoms with Gasteiger partial charge in [-0.25, -0.2) is 0 Å². The number of nitrogens with zero attached hydrogens (tertiary/aromatic N) is 1. The molecule has 1 N–H and O–H groups in total. The number of para-hydroxylation sites is 1. The van der Waals surface area contributed by atoms with Gasteiger partial charge < -0.3 is 15.0 Å². The van der Waals surface area contributed by atoms with Crippen molar-refractivity contribution in [3.8, 4) is 5.75 Å². The van der Waals surface area contributed by atoms with Gasteiger partial charge in [-0.1, -0.05) is 18.2 Å². The molecule has 1 aromatic carbocycles. The van der Waals surface area contributed by atoms with Crippen LogP contribution in [0.5, 0.6) is 5.75 Å². The summed E-state index contributed by atoms with van der Waals surface area (Å²) in [5, 5.41) is 2.75. The number of hydrogen-bond donors (Lipinski definition) is 1.